The van der Waals surface area contributed by atoms with Gasteiger partial charge in [-0.3, -0.25) is 0 Å². The van der Waals surface area contributed by atoms with Gasteiger partial charge in [0.15, 0.2) is 0 Å². The normalized spacial score (nSPS) is 11.1. The van der Waals surface area contributed by atoms with E-state index >= 15 is 0 Å². The Hall–Kier alpha value is 1.64. The molecule has 0 aromatic heterocycles. The molecule has 0 saturated heterocycles. The fraction of sp³-hybridized carbons (Fsp3) is 1.00. The van der Waals surface area contributed by atoms with Gasteiger partial charge in [-0.15, -0.1) is 0 Å². The molecule has 0 amide bonds. The Morgan fingerprint density at radius 2 is 1.14 bits per heavy atom. The van der Waals surface area contributed by atoms with E-state index < -0.39 is 40.4 Å². The summed E-state index contributed by atoms with van der Waals surface area (Å²) in [4.78, 5) is 9.97. The molecule has 0 bridgehead atoms. The van der Waals surface area contributed by atoms with Crippen molar-refractivity contribution in [2.75, 3.05) is 0 Å². The van der Waals surface area contributed by atoms with E-state index in [1.165, 1.54) is 0 Å². The average molecular weight is 318 g/mol. The molecule has 0 aromatic rings. The molecule has 0 radical (unpaired) electrons. The molecule has 0 aliphatic carbocycles. The molecule has 0 unspecified atom stereocenters. The Kier molecular flexibility index (Phi) is 5.56. The van der Waals surface area contributed by atoms with Gasteiger partial charge in [-0.1, -0.05) is 0 Å². The van der Waals surface area contributed by atoms with Crippen LogP contribution in [0, 0.1) is 0 Å². The number of hydrogen-bond donors (Lipinski definition) is 0. The topological polar surface area (TPSA) is 0 Å². The Morgan fingerprint density at radius 1 is 0.857 bits per heavy atom. The zero-order valence-corrected chi connectivity index (χ0v) is 10.7. The van der Waals surface area contributed by atoms with Crippen LogP contribution in [0.1, 0.15) is 0 Å². The SMILES string of the molecule is [CH3][Sb]([CH3])[CH2][Sb]([CH3])[CH3]. The van der Waals surface area contributed by atoms with Crippen LogP contribution >= 0.6 is 0 Å². The molecule has 0 saturated carbocycles. The molecule has 0 aliphatic heterocycles. The van der Waals surface area contributed by atoms with Gasteiger partial charge in [-0.05, 0) is 0 Å². The van der Waals surface area contributed by atoms with E-state index in [2.05, 4.69) is 19.5 Å². The Bertz CT molecular complexity index is 35.3. The van der Waals surface area contributed by atoms with Gasteiger partial charge in [0.25, 0.3) is 0 Å². The summed E-state index contributed by atoms with van der Waals surface area (Å²) < 4.78 is 1.73. The summed E-state index contributed by atoms with van der Waals surface area (Å²) in [6.45, 7) is 0. The van der Waals surface area contributed by atoms with Crippen LogP contribution in [0.2, 0.25) is 21.8 Å². The maximum atomic E-state index is 2.49. The predicted octanol–water partition coefficient (Wildman–Crippen LogP) is 2.03. The monoisotopic (exact) mass is 316 g/mol. The summed E-state index contributed by atoms with van der Waals surface area (Å²) in [7, 11) is 0. The van der Waals surface area contributed by atoms with E-state index in [1.807, 2.05) is 0 Å². The standard InChI is InChI=1S/4CH3.CH2.2Sb/h4*1H3;1H2;;. The molecule has 0 fully saturated rings. The van der Waals surface area contributed by atoms with Crippen molar-refractivity contribution < 1.29 is 0 Å². The van der Waals surface area contributed by atoms with Crippen molar-refractivity contribution in [1.82, 2.24) is 0 Å². The molecule has 0 spiro atoms. The molecule has 7 heavy (non-hydrogen) atoms. The van der Waals surface area contributed by atoms with Crippen LogP contribution in [0.4, 0.5) is 0 Å². The molecule has 0 heterocycles. The Labute approximate surface area is 61.6 Å². The van der Waals surface area contributed by atoms with Gasteiger partial charge in [0.1, 0.15) is 0 Å². The van der Waals surface area contributed by atoms with Crippen molar-refractivity contribution in [1.29, 1.82) is 0 Å². The van der Waals surface area contributed by atoms with Crippen LogP contribution in [0.3, 0.4) is 0 Å². The third-order valence-corrected chi connectivity index (χ3v) is 25.5. The van der Waals surface area contributed by atoms with Gasteiger partial charge in [-0.25, -0.2) is 0 Å². The minimum absolute atomic E-state index is 0.500. The van der Waals surface area contributed by atoms with E-state index in [4.69, 9.17) is 0 Å². The van der Waals surface area contributed by atoms with Crippen molar-refractivity contribution in [2.45, 2.75) is 21.8 Å². The quantitative estimate of drug-likeness (QED) is 0.684. The Morgan fingerprint density at radius 3 is 1.14 bits per heavy atom. The maximum absolute atomic E-state index is 2.49. The predicted molar refractivity (Wildman–Crippen MR) is 39.8 cm³/mol. The van der Waals surface area contributed by atoms with E-state index in [0.29, 0.717) is 0 Å². The first-order chi connectivity index (χ1) is 3.13. The third-order valence-electron chi connectivity index (χ3n) is 0.566. The van der Waals surface area contributed by atoms with Crippen LogP contribution in [0.25, 0.3) is 0 Å². The average Bonchev–Trinajstić information content (AvgIpc) is 1.27. The molecule has 0 atom stereocenters. The third kappa shape index (κ3) is 7.64. The van der Waals surface area contributed by atoms with Crippen molar-refractivity contribution in [3.05, 3.63) is 0 Å². The summed E-state index contributed by atoms with van der Waals surface area (Å²) in [5, 5.41) is 0. The van der Waals surface area contributed by atoms with Gasteiger partial charge >= 0.3 is 62.2 Å². The van der Waals surface area contributed by atoms with Gasteiger partial charge in [0.05, 0.1) is 0 Å². The molecular formula is C5H14Sb2. The van der Waals surface area contributed by atoms with Crippen LogP contribution in [-0.4, -0.2) is 40.4 Å². The van der Waals surface area contributed by atoms with Crippen LogP contribution in [0.5, 0.6) is 0 Å². The van der Waals surface area contributed by atoms with Gasteiger partial charge < -0.3 is 0 Å². The summed E-state index contributed by atoms with van der Waals surface area (Å²) >= 11 is -1.00. The fourth-order valence-corrected chi connectivity index (χ4v) is 25.5. The summed E-state index contributed by atoms with van der Waals surface area (Å²) in [6, 6.07) is 0. The first-order valence-corrected chi connectivity index (χ1v) is 16.2. The van der Waals surface area contributed by atoms with Crippen LogP contribution < -0.4 is 0 Å². The van der Waals surface area contributed by atoms with Crippen molar-refractivity contribution in [3.63, 3.8) is 0 Å². The fourth-order valence-electron chi connectivity index (χ4n) is 0.566. The zero-order chi connectivity index (χ0) is 5.86. The molecule has 0 aliphatic rings. The molecule has 44 valence electrons. The van der Waals surface area contributed by atoms with E-state index in [-0.39, 0.29) is 0 Å². The second-order valence-corrected chi connectivity index (χ2v) is 20.8. The molecule has 2 heteroatoms. The zero-order valence-electron chi connectivity index (χ0n) is 5.60. The van der Waals surface area contributed by atoms with Gasteiger partial charge in [-0.2, -0.15) is 0 Å². The van der Waals surface area contributed by atoms with Gasteiger partial charge in [0, 0.05) is 0 Å². The second-order valence-electron chi connectivity index (χ2n) is 2.30. The molecule has 0 rings (SSSR count). The summed E-state index contributed by atoms with van der Waals surface area (Å²) in [5.74, 6) is 0. The number of hydrogen-bond acceptors (Lipinski definition) is 0. The van der Waals surface area contributed by atoms with Crippen LogP contribution in [-0.2, 0) is 0 Å². The first kappa shape index (κ1) is 8.64. The van der Waals surface area contributed by atoms with Crippen molar-refractivity contribution >= 4 is 40.4 Å². The van der Waals surface area contributed by atoms with E-state index in [0.717, 1.165) is 0 Å². The molecule has 0 N–H and O–H groups in total. The molecule has 0 nitrogen and oxygen atoms in total. The summed E-state index contributed by atoms with van der Waals surface area (Å²) in [6.07, 6.45) is 0. The van der Waals surface area contributed by atoms with Crippen LogP contribution in [0.15, 0.2) is 0 Å². The first-order valence-electron chi connectivity index (χ1n) is 2.42. The number of rotatable bonds is 2. The minimum atomic E-state index is -0.500. The van der Waals surface area contributed by atoms with E-state index in [1.54, 1.807) is 2.31 Å². The second kappa shape index (κ2) is 4.51. The Balaban J connectivity index is 2.95. The van der Waals surface area contributed by atoms with E-state index in [9.17, 15) is 0 Å². The molecule has 0 aromatic carbocycles. The summed E-state index contributed by atoms with van der Waals surface area (Å²) in [5.41, 5.74) is 0. The molecular weight excluding hydrogens is 304 g/mol. The van der Waals surface area contributed by atoms with Gasteiger partial charge in [0.2, 0.25) is 0 Å². The van der Waals surface area contributed by atoms with Crippen molar-refractivity contribution in [3.8, 4) is 0 Å². The van der Waals surface area contributed by atoms with Crippen molar-refractivity contribution in [2.24, 2.45) is 0 Å².